The van der Waals surface area contributed by atoms with Gasteiger partial charge in [-0.3, -0.25) is 0 Å². The van der Waals surface area contributed by atoms with E-state index in [0.717, 1.165) is 28.7 Å². The second kappa shape index (κ2) is 15.7. The molecule has 0 aliphatic carbocycles. The van der Waals surface area contributed by atoms with Crippen LogP contribution in [-0.4, -0.2) is 55.3 Å². The third kappa shape index (κ3) is 7.96. The molecule has 45 heavy (non-hydrogen) atoms. The average Bonchev–Trinajstić information content (AvgIpc) is 3.11. The van der Waals surface area contributed by atoms with E-state index in [1.54, 1.807) is 26.4 Å². The molecule has 1 atom stereocenters. The van der Waals surface area contributed by atoms with Gasteiger partial charge in [0.2, 0.25) is 5.88 Å². The van der Waals surface area contributed by atoms with Crippen molar-refractivity contribution in [2.75, 3.05) is 39.3 Å². The summed E-state index contributed by atoms with van der Waals surface area (Å²) in [4.78, 5) is 0. The van der Waals surface area contributed by atoms with E-state index in [0.29, 0.717) is 36.3 Å². The Morgan fingerprint density at radius 3 is 1.84 bits per heavy atom. The van der Waals surface area contributed by atoms with Gasteiger partial charge >= 0.3 is 0 Å². The van der Waals surface area contributed by atoms with Crippen LogP contribution in [0.5, 0.6) is 17.4 Å². The van der Waals surface area contributed by atoms with Crippen molar-refractivity contribution >= 4 is 5.82 Å². The Bertz CT molecular complexity index is 1490. The van der Waals surface area contributed by atoms with Gasteiger partial charge in [0.1, 0.15) is 18.2 Å². The quantitative estimate of drug-likeness (QED) is 0.0704. The highest BCUT2D eigenvalue weighted by Gasteiger charge is 2.36. The van der Waals surface area contributed by atoms with E-state index in [-0.39, 0.29) is 6.61 Å². The Hall–Kier alpha value is -4.96. The van der Waals surface area contributed by atoms with Crippen molar-refractivity contribution in [3.63, 3.8) is 0 Å². The average molecular weight is 606 g/mol. The predicted octanol–water partition coefficient (Wildman–Crippen LogP) is 4.97. The predicted molar refractivity (Wildman–Crippen MR) is 176 cm³/mol. The summed E-state index contributed by atoms with van der Waals surface area (Å²) >= 11 is 0. The molecule has 4 N–H and O–H groups in total. The molecule has 0 saturated heterocycles. The minimum absolute atomic E-state index is 0.0855. The van der Waals surface area contributed by atoms with Gasteiger partial charge < -0.3 is 30.1 Å². The lowest BCUT2D eigenvalue weighted by molar-refractivity contribution is 0.103. The molecule has 0 aliphatic rings. The SMILES string of the molecule is COc1ccc(CCNCC(O)COc2ccc(NNC(c3ccccc3)(c3ccccc3)c3ccccc3)nn2)cc1OC. The molecule has 9 heteroatoms. The molecule has 0 fully saturated rings. The molecule has 232 valence electrons. The monoisotopic (exact) mass is 605 g/mol. The molecule has 1 aromatic heterocycles. The van der Waals surface area contributed by atoms with Crippen molar-refractivity contribution in [1.29, 1.82) is 0 Å². The van der Waals surface area contributed by atoms with Crippen LogP contribution in [0.15, 0.2) is 121 Å². The summed E-state index contributed by atoms with van der Waals surface area (Å²) in [6.07, 6.45) is 0.0713. The van der Waals surface area contributed by atoms with Gasteiger partial charge in [-0.2, -0.15) is 0 Å². The van der Waals surface area contributed by atoms with Gasteiger partial charge in [-0.25, -0.2) is 5.43 Å². The minimum Gasteiger partial charge on any atom is -0.493 e. The van der Waals surface area contributed by atoms with Gasteiger partial charge in [0.05, 0.1) is 14.2 Å². The van der Waals surface area contributed by atoms with Gasteiger partial charge in [0.15, 0.2) is 17.3 Å². The first kappa shape index (κ1) is 31.5. The number of aliphatic hydroxyl groups excluding tert-OH is 1. The van der Waals surface area contributed by atoms with Crippen LogP contribution >= 0.6 is 0 Å². The van der Waals surface area contributed by atoms with E-state index in [9.17, 15) is 5.11 Å². The molecule has 0 saturated carbocycles. The highest BCUT2D eigenvalue weighted by atomic mass is 16.5. The number of hydrogen-bond donors (Lipinski definition) is 4. The number of methoxy groups -OCH3 is 2. The van der Waals surface area contributed by atoms with Crippen LogP contribution in [0.25, 0.3) is 0 Å². The van der Waals surface area contributed by atoms with Gasteiger partial charge in [-0.1, -0.05) is 97.1 Å². The molecule has 0 aliphatic heterocycles. The molecule has 1 heterocycles. The Morgan fingerprint density at radius 1 is 0.711 bits per heavy atom. The number of nitrogens with one attached hydrogen (secondary N) is 3. The molecular weight excluding hydrogens is 566 g/mol. The molecule has 5 rings (SSSR count). The molecule has 9 nitrogen and oxygen atoms in total. The first-order valence-electron chi connectivity index (χ1n) is 14.9. The van der Waals surface area contributed by atoms with Gasteiger partial charge in [0.25, 0.3) is 0 Å². The van der Waals surface area contributed by atoms with Crippen molar-refractivity contribution in [3.8, 4) is 17.4 Å². The smallest absolute Gasteiger partial charge is 0.233 e. The van der Waals surface area contributed by atoms with Crippen LogP contribution in [0.1, 0.15) is 22.3 Å². The summed E-state index contributed by atoms with van der Waals surface area (Å²) in [5, 5.41) is 22.2. The molecular formula is C36H39N5O4. The van der Waals surface area contributed by atoms with E-state index in [1.165, 1.54) is 0 Å². The molecule has 1 unspecified atom stereocenters. The van der Waals surface area contributed by atoms with Crippen LogP contribution in [0.4, 0.5) is 5.82 Å². The number of aliphatic hydroxyl groups is 1. The number of hydrazine groups is 1. The topological polar surface area (TPSA) is 110 Å². The van der Waals surface area contributed by atoms with Crippen molar-refractivity contribution < 1.29 is 19.3 Å². The largest absolute Gasteiger partial charge is 0.493 e. The van der Waals surface area contributed by atoms with Crippen LogP contribution in [-0.2, 0) is 12.0 Å². The number of rotatable bonds is 16. The van der Waals surface area contributed by atoms with E-state index >= 15 is 0 Å². The summed E-state index contributed by atoms with van der Waals surface area (Å²) in [5.74, 6) is 2.24. The standard InChI is InChI=1S/C36H39N5O4/c1-43-32-19-18-27(24-33(32)44-2)22-23-37-25-31(42)26-45-35-21-20-34(38-40-35)39-41-36(28-12-6-3-7-13-28,29-14-8-4-9-15-29)30-16-10-5-11-17-30/h3-21,24,31,37,41-42H,22-23,25-26H2,1-2H3,(H,38,39). The van der Waals surface area contributed by atoms with Crippen LogP contribution < -0.4 is 30.4 Å². The lowest BCUT2D eigenvalue weighted by Crippen LogP contribution is -2.47. The molecule has 5 aromatic rings. The third-order valence-electron chi connectivity index (χ3n) is 7.48. The summed E-state index contributed by atoms with van der Waals surface area (Å²) < 4.78 is 16.4. The fraction of sp³-hybridized carbons (Fsp3) is 0.222. The minimum atomic E-state index is -0.711. The maximum absolute atomic E-state index is 10.4. The summed E-state index contributed by atoms with van der Waals surface area (Å²) in [5.41, 5.74) is 10.4. The molecule has 4 aromatic carbocycles. The lowest BCUT2D eigenvalue weighted by Gasteiger charge is -2.37. The number of aromatic nitrogens is 2. The maximum Gasteiger partial charge on any atom is 0.233 e. The van der Waals surface area contributed by atoms with Gasteiger partial charge in [0, 0.05) is 12.6 Å². The Kier molecular flexibility index (Phi) is 11.0. The summed E-state index contributed by atoms with van der Waals surface area (Å²) in [7, 11) is 3.24. The fourth-order valence-electron chi connectivity index (χ4n) is 5.18. The van der Waals surface area contributed by atoms with E-state index < -0.39 is 11.6 Å². The van der Waals surface area contributed by atoms with Gasteiger partial charge in [-0.15, -0.1) is 10.2 Å². The second-order valence-corrected chi connectivity index (χ2v) is 10.5. The number of ether oxygens (including phenoxy) is 3. The van der Waals surface area contributed by atoms with Crippen LogP contribution in [0.3, 0.4) is 0 Å². The lowest BCUT2D eigenvalue weighted by atomic mass is 9.77. The number of hydrogen-bond acceptors (Lipinski definition) is 9. The van der Waals surface area contributed by atoms with Crippen molar-refractivity contribution in [2.45, 2.75) is 18.1 Å². The highest BCUT2D eigenvalue weighted by molar-refractivity contribution is 5.51. The normalized spacial score (nSPS) is 11.9. The van der Waals surface area contributed by atoms with Crippen molar-refractivity contribution in [3.05, 3.63) is 144 Å². The molecule has 0 bridgehead atoms. The van der Waals surface area contributed by atoms with Crippen LogP contribution in [0.2, 0.25) is 0 Å². The fourth-order valence-corrected chi connectivity index (χ4v) is 5.18. The maximum atomic E-state index is 10.4. The molecule has 0 radical (unpaired) electrons. The van der Waals surface area contributed by atoms with Gasteiger partial charge in [-0.05, 0) is 53.4 Å². The third-order valence-corrected chi connectivity index (χ3v) is 7.48. The van der Waals surface area contributed by atoms with E-state index in [4.69, 9.17) is 14.2 Å². The number of nitrogens with zero attached hydrogens (tertiary/aromatic N) is 2. The highest BCUT2D eigenvalue weighted by Crippen LogP contribution is 2.36. The summed E-state index contributed by atoms with van der Waals surface area (Å²) in [6, 6.07) is 40.2. The Labute approximate surface area is 264 Å². The Morgan fingerprint density at radius 2 is 1.31 bits per heavy atom. The molecule has 0 spiro atoms. The number of anilines is 1. The second-order valence-electron chi connectivity index (χ2n) is 10.5. The van der Waals surface area contributed by atoms with Crippen LogP contribution in [0, 0.1) is 0 Å². The summed E-state index contributed by atoms with van der Waals surface area (Å²) in [6.45, 7) is 1.16. The first-order valence-corrected chi connectivity index (χ1v) is 14.9. The number of benzene rings is 4. The zero-order valence-corrected chi connectivity index (χ0v) is 25.5. The van der Waals surface area contributed by atoms with Crippen molar-refractivity contribution in [2.24, 2.45) is 0 Å². The first-order chi connectivity index (χ1) is 22.1. The van der Waals surface area contributed by atoms with E-state index in [1.807, 2.05) is 72.8 Å². The zero-order chi connectivity index (χ0) is 31.3. The zero-order valence-electron chi connectivity index (χ0n) is 25.5. The van der Waals surface area contributed by atoms with Crippen molar-refractivity contribution in [1.82, 2.24) is 20.9 Å². The Balaban J connectivity index is 1.17. The molecule has 0 amide bonds. The van der Waals surface area contributed by atoms with E-state index in [2.05, 4.69) is 62.8 Å².